The Morgan fingerprint density at radius 2 is 2.05 bits per heavy atom. The number of hydrogen-bond acceptors (Lipinski definition) is 3. The van der Waals surface area contributed by atoms with Gasteiger partial charge in [0.25, 0.3) is 5.91 Å². The Morgan fingerprint density at radius 1 is 1.30 bits per heavy atom. The summed E-state index contributed by atoms with van der Waals surface area (Å²) in [7, 11) is 1.54. The second-order valence-electron chi connectivity index (χ2n) is 4.01. The van der Waals surface area contributed by atoms with E-state index < -0.39 is 0 Å². The highest BCUT2D eigenvalue weighted by Gasteiger charge is 2.09. The number of halogens is 2. The first kappa shape index (κ1) is 14.3. The molecule has 0 fully saturated rings. The molecule has 3 N–H and O–H groups in total. The van der Waals surface area contributed by atoms with Crippen LogP contribution in [0.15, 0.2) is 40.9 Å². The molecular weight excluding hydrogens is 327 g/mol. The number of amides is 1. The minimum atomic E-state index is -0.375. The molecule has 0 unspecified atom stereocenters. The summed E-state index contributed by atoms with van der Waals surface area (Å²) in [6.07, 6.45) is 0. The molecule has 0 saturated heterocycles. The summed E-state index contributed by atoms with van der Waals surface area (Å²) >= 11 is 3.08. The lowest BCUT2D eigenvalue weighted by Crippen LogP contribution is -2.17. The van der Waals surface area contributed by atoms with E-state index >= 15 is 0 Å². The zero-order valence-electron chi connectivity index (χ0n) is 10.6. The third-order valence-electron chi connectivity index (χ3n) is 2.62. The van der Waals surface area contributed by atoms with Crippen molar-refractivity contribution in [3.63, 3.8) is 0 Å². The number of carbonyl (C=O) groups is 1. The minimum Gasteiger partial charge on any atom is -0.455 e. The first-order valence-electron chi connectivity index (χ1n) is 5.76. The maximum Gasteiger partial charge on any atom is 0.251 e. The van der Waals surface area contributed by atoms with Gasteiger partial charge in [-0.15, -0.1) is 0 Å². The van der Waals surface area contributed by atoms with Gasteiger partial charge in [0.2, 0.25) is 0 Å². The van der Waals surface area contributed by atoms with E-state index in [2.05, 4.69) is 21.2 Å². The van der Waals surface area contributed by atoms with Gasteiger partial charge in [-0.25, -0.2) is 4.39 Å². The van der Waals surface area contributed by atoms with Crippen LogP contribution in [0.5, 0.6) is 11.5 Å². The molecule has 20 heavy (non-hydrogen) atoms. The number of nitrogen functional groups attached to an aromatic ring is 1. The molecule has 1 amide bonds. The van der Waals surface area contributed by atoms with Crippen molar-refractivity contribution in [3.8, 4) is 11.5 Å². The predicted octanol–water partition coefficient (Wildman–Crippen LogP) is 3.32. The van der Waals surface area contributed by atoms with Crippen molar-refractivity contribution in [2.45, 2.75) is 0 Å². The van der Waals surface area contributed by atoms with Crippen LogP contribution in [0.4, 0.5) is 10.1 Å². The SMILES string of the molecule is CNC(=O)c1ccc(Oc2ccc(F)c(Br)c2)c(N)c1. The molecule has 104 valence electrons. The van der Waals surface area contributed by atoms with E-state index in [1.807, 2.05) is 0 Å². The van der Waals surface area contributed by atoms with Gasteiger partial charge in [0.15, 0.2) is 0 Å². The predicted molar refractivity (Wildman–Crippen MR) is 78.4 cm³/mol. The Morgan fingerprint density at radius 3 is 2.65 bits per heavy atom. The summed E-state index contributed by atoms with van der Waals surface area (Å²) in [6.45, 7) is 0. The molecule has 2 aromatic rings. The number of nitrogens with two attached hydrogens (primary N) is 1. The smallest absolute Gasteiger partial charge is 0.251 e. The molecular formula is C14H12BrFN2O2. The van der Waals surface area contributed by atoms with Crippen LogP contribution in [-0.4, -0.2) is 13.0 Å². The van der Waals surface area contributed by atoms with E-state index in [-0.39, 0.29) is 11.7 Å². The Balaban J connectivity index is 2.25. The fourth-order valence-corrected chi connectivity index (χ4v) is 1.95. The molecule has 6 heteroatoms. The van der Waals surface area contributed by atoms with Crippen molar-refractivity contribution in [2.75, 3.05) is 12.8 Å². The van der Waals surface area contributed by atoms with Crippen LogP contribution in [0, 0.1) is 5.82 Å². The van der Waals surface area contributed by atoms with Gasteiger partial charge in [-0.3, -0.25) is 4.79 Å². The van der Waals surface area contributed by atoms with Crippen LogP contribution in [0.3, 0.4) is 0 Å². The number of carbonyl (C=O) groups excluding carboxylic acids is 1. The number of rotatable bonds is 3. The molecule has 0 bridgehead atoms. The van der Waals surface area contributed by atoms with Crippen LogP contribution in [0.1, 0.15) is 10.4 Å². The highest BCUT2D eigenvalue weighted by atomic mass is 79.9. The monoisotopic (exact) mass is 338 g/mol. The van der Waals surface area contributed by atoms with Crippen molar-refractivity contribution in [2.24, 2.45) is 0 Å². The van der Waals surface area contributed by atoms with E-state index in [1.54, 1.807) is 19.2 Å². The average molecular weight is 339 g/mol. The van der Waals surface area contributed by atoms with Crippen LogP contribution >= 0.6 is 15.9 Å². The number of anilines is 1. The lowest BCUT2D eigenvalue weighted by molar-refractivity contribution is 0.0963. The Bertz CT molecular complexity index is 662. The number of ether oxygens (including phenoxy) is 1. The molecule has 0 spiro atoms. The van der Waals surface area contributed by atoms with Crippen molar-refractivity contribution in [1.82, 2.24) is 5.32 Å². The molecule has 0 heterocycles. The maximum atomic E-state index is 13.1. The van der Waals surface area contributed by atoms with Crippen molar-refractivity contribution >= 4 is 27.5 Å². The molecule has 0 aromatic heterocycles. The maximum absolute atomic E-state index is 13.1. The molecule has 0 aliphatic rings. The topological polar surface area (TPSA) is 64.3 Å². The molecule has 0 aliphatic heterocycles. The summed E-state index contributed by atoms with van der Waals surface area (Å²) in [4.78, 5) is 11.5. The van der Waals surface area contributed by atoms with Crippen LogP contribution in [-0.2, 0) is 0 Å². The zero-order chi connectivity index (χ0) is 14.7. The van der Waals surface area contributed by atoms with Gasteiger partial charge in [0.1, 0.15) is 17.3 Å². The zero-order valence-corrected chi connectivity index (χ0v) is 12.2. The number of benzene rings is 2. The summed E-state index contributed by atoms with van der Waals surface area (Å²) < 4.78 is 19.0. The highest BCUT2D eigenvalue weighted by Crippen LogP contribution is 2.30. The number of nitrogens with one attached hydrogen (secondary N) is 1. The molecule has 0 saturated carbocycles. The van der Waals surface area contributed by atoms with Crippen LogP contribution < -0.4 is 15.8 Å². The standard InChI is InChI=1S/C14H12BrFN2O2/c1-18-14(19)8-2-5-13(12(17)6-8)20-9-3-4-11(16)10(15)7-9/h2-7H,17H2,1H3,(H,18,19). The van der Waals surface area contributed by atoms with Crippen LogP contribution in [0.25, 0.3) is 0 Å². The molecule has 0 radical (unpaired) electrons. The first-order valence-corrected chi connectivity index (χ1v) is 6.55. The Hall–Kier alpha value is -2.08. The second kappa shape index (κ2) is 5.92. The van der Waals surface area contributed by atoms with Crippen molar-refractivity contribution in [3.05, 3.63) is 52.3 Å². The van der Waals surface area contributed by atoms with Gasteiger partial charge in [0.05, 0.1) is 10.2 Å². The summed E-state index contributed by atoms with van der Waals surface area (Å²) in [6, 6.07) is 9.00. The van der Waals surface area contributed by atoms with Crippen molar-refractivity contribution < 1.29 is 13.9 Å². The largest absolute Gasteiger partial charge is 0.455 e. The third kappa shape index (κ3) is 3.08. The summed E-state index contributed by atoms with van der Waals surface area (Å²) in [5.41, 5.74) is 6.61. The molecule has 0 aliphatic carbocycles. The van der Waals surface area contributed by atoms with E-state index in [0.717, 1.165) is 0 Å². The van der Waals surface area contributed by atoms with E-state index in [9.17, 15) is 9.18 Å². The lowest BCUT2D eigenvalue weighted by atomic mass is 10.2. The molecule has 2 rings (SSSR count). The normalized spacial score (nSPS) is 10.2. The van der Waals surface area contributed by atoms with Crippen LogP contribution in [0.2, 0.25) is 0 Å². The van der Waals surface area contributed by atoms with Gasteiger partial charge >= 0.3 is 0 Å². The molecule has 0 atom stereocenters. The molecule has 2 aromatic carbocycles. The van der Waals surface area contributed by atoms with Gasteiger partial charge in [-0.05, 0) is 52.3 Å². The fourth-order valence-electron chi connectivity index (χ4n) is 1.59. The Labute approximate surface area is 123 Å². The highest BCUT2D eigenvalue weighted by molar-refractivity contribution is 9.10. The van der Waals surface area contributed by atoms with Gasteiger partial charge in [-0.1, -0.05) is 0 Å². The Kier molecular flexibility index (Phi) is 4.24. The van der Waals surface area contributed by atoms with Crippen molar-refractivity contribution in [1.29, 1.82) is 0 Å². The quantitative estimate of drug-likeness (QED) is 0.843. The van der Waals surface area contributed by atoms with Gasteiger partial charge < -0.3 is 15.8 Å². The second-order valence-corrected chi connectivity index (χ2v) is 4.86. The average Bonchev–Trinajstić information content (AvgIpc) is 2.44. The van der Waals surface area contributed by atoms with E-state index in [4.69, 9.17) is 10.5 Å². The van der Waals surface area contributed by atoms with E-state index in [0.29, 0.717) is 27.2 Å². The molecule has 4 nitrogen and oxygen atoms in total. The van der Waals surface area contributed by atoms with Gasteiger partial charge in [-0.2, -0.15) is 0 Å². The fraction of sp³-hybridized carbons (Fsp3) is 0.0714. The lowest BCUT2D eigenvalue weighted by Gasteiger charge is -2.10. The first-order chi connectivity index (χ1) is 9.51. The minimum absolute atomic E-state index is 0.229. The summed E-state index contributed by atoms with van der Waals surface area (Å²) in [5.74, 6) is 0.238. The van der Waals surface area contributed by atoms with Gasteiger partial charge in [0, 0.05) is 12.6 Å². The summed E-state index contributed by atoms with van der Waals surface area (Å²) in [5, 5.41) is 2.51. The van der Waals surface area contributed by atoms with E-state index in [1.165, 1.54) is 24.3 Å². The number of hydrogen-bond donors (Lipinski definition) is 2. The third-order valence-corrected chi connectivity index (χ3v) is 3.23.